The minimum absolute atomic E-state index is 0.0196. The lowest BCUT2D eigenvalue weighted by Crippen LogP contribution is -2.27. The van der Waals surface area contributed by atoms with Crippen LogP contribution in [0.15, 0.2) is 0 Å². The molecule has 3 aliphatic heterocycles. The normalized spacial score (nSPS) is 39.8. The van der Waals surface area contributed by atoms with Gasteiger partial charge in [0.25, 0.3) is 0 Å². The predicted molar refractivity (Wildman–Crippen MR) is 94.9 cm³/mol. The van der Waals surface area contributed by atoms with Gasteiger partial charge in [-0.05, 0) is 39.5 Å². The molecule has 24 heavy (non-hydrogen) atoms. The lowest BCUT2D eigenvalue weighted by atomic mass is 10.0. The molecule has 0 bridgehead atoms. The van der Waals surface area contributed by atoms with Gasteiger partial charge in [-0.2, -0.15) is 0 Å². The maximum Gasteiger partial charge on any atom is 0.154 e. The smallest absolute Gasteiger partial charge is 0.154 e. The zero-order valence-electron chi connectivity index (χ0n) is 16.5. The van der Waals surface area contributed by atoms with Crippen LogP contribution in [-0.4, -0.2) is 51.7 Å². The molecule has 3 rings (SSSR count). The van der Waals surface area contributed by atoms with Crippen LogP contribution in [0.5, 0.6) is 0 Å². The van der Waals surface area contributed by atoms with Gasteiger partial charge in [0.05, 0.1) is 32.5 Å². The van der Waals surface area contributed by atoms with Crippen molar-refractivity contribution in [2.45, 2.75) is 73.1 Å². The SMILES string of the molecule is CC1CCC(C)OC1.CC1COC(C)OC1.CC1COC(C)OC1. The van der Waals surface area contributed by atoms with Crippen LogP contribution >= 0.6 is 0 Å². The van der Waals surface area contributed by atoms with E-state index in [1.807, 2.05) is 13.8 Å². The van der Waals surface area contributed by atoms with Crippen LogP contribution in [0.4, 0.5) is 0 Å². The van der Waals surface area contributed by atoms with Crippen molar-refractivity contribution in [1.82, 2.24) is 0 Å². The molecule has 0 amide bonds. The highest BCUT2D eigenvalue weighted by molar-refractivity contribution is 4.62. The molecule has 0 aromatic heterocycles. The van der Waals surface area contributed by atoms with Crippen LogP contribution < -0.4 is 0 Å². The molecule has 5 nitrogen and oxygen atoms in total. The highest BCUT2D eigenvalue weighted by atomic mass is 16.7. The van der Waals surface area contributed by atoms with Gasteiger partial charge in [0.1, 0.15) is 0 Å². The van der Waals surface area contributed by atoms with Crippen molar-refractivity contribution in [1.29, 1.82) is 0 Å². The summed E-state index contributed by atoms with van der Waals surface area (Å²) in [6.07, 6.45) is 3.16. The Balaban J connectivity index is 0.000000180. The third kappa shape index (κ3) is 10.6. The first-order valence-electron chi connectivity index (χ1n) is 9.44. The van der Waals surface area contributed by atoms with E-state index in [0.717, 1.165) is 39.0 Å². The summed E-state index contributed by atoms with van der Waals surface area (Å²) in [7, 11) is 0. The quantitative estimate of drug-likeness (QED) is 0.667. The van der Waals surface area contributed by atoms with Crippen molar-refractivity contribution in [2.75, 3.05) is 33.0 Å². The van der Waals surface area contributed by atoms with Gasteiger partial charge in [-0.1, -0.05) is 20.8 Å². The van der Waals surface area contributed by atoms with E-state index in [0.29, 0.717) is 17.9 Å². The molecule has 0 spiro atoms. The van der Waals surface area contributed by atoms with Crippen LogP contribution in [0.2, 0.25) is 0 Å². The van der Waals surface area contributed by atoms with Gasteiger partial charge < -0.3 is 23.7 Å². The minimum atomic E-state index is 0.0196. The molecule has 3 heterocycles. The molecule has 0 aromatic carbocycles. The van der Waals surface area contributed by atoms with Crippen molar-refractivity contribution in [3.63, 3.8) is 0 Å². The van der Waals surface area contributed by atoms with Gasteiger partial charge in [-0.25, -0.2) is 0 Å². The van der Waals surface area contributed by atoms with E-state index in [9.17, 15) is 0 Å². The first-order valence-corrected chi connectivity index (χ1v) is 9.44. The maximum absolute atomic E-state index is 5.39. The molecule has 0 saturated carbocycles. The fraction of sp³-hybridized carbons (Fsp3) is 1.00. The summed E-state index contributed by atoms with van der Waals surface area (Å²) < 4.78 is 26.1. The van der Waals surface area contributed by atoms with Gasteiger partial charge in [0.2, 0.25) is 0 Å². The third-order valence-electron chi connectivity index (χ3n) is 4.19. The molecule has 0 N–H and O–H groups in total. The summed E-state index contributed by atoms with van der Waals surface area (Å²) in [5.41, 5.74) is 0. The van der Waals surface area contributed by atoms with Crippen LogP contribution in [0, 0.1) is 17.8 Å². The van der Waals surface area contributed by atoms with E-state index >= 15 is 0 Å². The number of rotatable bonds is 0. The van der Waals surface area contributed by atoms with Crippen molar-refractivity contribution in [2.24, 2.45) is 17.8 Å². The second kappa shape index (κ2) is 12.2. The Morgan fingerprint density at radius 3 is 1.08 bits per heavy atom. The van der Waals surface area contributed by atoms with Crippen LogP contribution in [0.1, 0.15) is 54.4 Å². The van der Waals surface area contributed by atoms with E-state index in [2.05, 4.69) is 27.7 Å². The van der Waals surface area contributed by atoms with Crippen molar-refractivity contribution in [3.05, 3.63) is 0 Å². The first kappa shape index (κ1) is 21.8. The summed E-state index contributed by atoms with van der Waals surface area (Å²) in [4.78, 5) is 0. The Morgan fingerprint density at radius 2 is 0.833 bits per heavy atom. The summed E-state index contributed by atoms with van der Waals surface area (Å²) in [6, 6.07) is 0. The van der Waals surface area contributed by atoms with E-state index in [1.165, 1.54) is 12.8 Å². The lowest BCUT2D eigenvalue weighted by molar-refractivity contribution is -0.187. The largest absolute Gasteiger partial charge is 0.378 e. The standard InChI is InChI=1S/C7H14O.2C6H12O2/c1-6-3-4-7(2)8-5-6;2*1-5-3-7-6(2)8-4-5/h6-7H,3-5H2,1-2H3;2*5-6H,3-4H2,1-2H3. The second-order valence-electron chi connectivity index (χ2n) is 7.51. The molecular formula is C19H38O5. The highest BCUT2D eigenvalue weighted by Crippen LogP contribution is 2.16. The molecule has 3 fully saturated rings. The van der Waals surface area contributed by atoms with Crippen LogP contribution in [-0.2, 0) is 23.7 Å². The van der Waals surface area contributed by atoms with Crippen LogP contribution in [0.3, 0.4) is 0 Å². The maximum atomic E-state index is 5.39. The van der Waals surface area contributed by atoms with Crippen LogP contribution in [0.25, 0.3) is 0 Å². The zero-order chi connectivity index (χ0) is 17.9. The Bertz CT molecular complexity index is 211. The van der Waals surface area contributed by atoms with E-state index in [4.69, 9.17) is 23.7 Å². The molecule has 0 aliphatic carbocycles. The molecular weight excluding hydrogens is 308 g/mol. The highest BCUT2D eigenvalue weighted by Gasteiger charge is 2.14. The number of hydrogen-bond donors (Lipinski definition) is 0. The molecule has 0 aromatic rings. The minimum Gasteiger partial charge on any atom is -0.378 e. The first-order chi connectivity index (χ1) is 11.4. The number of ether oxygens (including phenoxy) is 5. The summed E-state index contributed by atoms with van der Waals surface area (Å²) >= 11 is 0. The summed E-state index contributed by atoms with van der Waals surface area (Å²) in [5.74, 6) is 1.95. The zero-order valence-corrected chi connectivity index (χ0v) is 16.5. The molecule has 3 saturated heterocycles. The van der Waals surface area contributed by atoms with E-state index < -0.39 is 0 Å². The monoisotopic (exact) mass is 346 g/mol. The van der Waals surface area contributed by atoms with Gasteiger partial charge in [0.15, 0.2) is 12.6 Å². The Labute approximate surface area is 148 Å². The molecule has 5 heteroatoms. The fourth-order valence-corrected chi connectivity index (χ4v) is 2.41. The summed E-state index contributed by atoms with van der Waals surface area (Å²) in [6.45, 7) is 16.8. The van der Waals surface area contributed by atoms with Gasteiger partial charge in [0, 0.05) is 18.4 Å². The molecule has 2 atom stereocenters. The van der Waals surface area contributed by atoms with Crippen molar-refractivity contribution >= 4 is 0 Å². The van der Waals surface area contributed by atoms with Gasteiger partial charge >= 0.3 is 0 Å². The second-order valence-corrected chi connectivity index (χ2v) is 7.51. The number of hydrogen-bond acceptors (Lipinski definition) is 5. The average molecular weight is 347 g/mol. The molecule has 2 unspecified atom stereocenters. The molecule has 0 radical (unpaired) electrons. The van der Waals surface area contributed by atoms with Crippen molar-refractivity contribution in [3.8, 4) is 0 Å². The van der Waals surface area contributed by atoms with Gasteiger partial charge in [-0.15, -0.1) is 0 Å². The van der Waals surface area contributed by atoms with Gasteiger partial charge in [-0.3, -0.25) is 0 Å². The lowest BCUT2D eigenvalue weighted by Gasteiger charge is -2.24. The third-order valence-corrected chi connectivity index (χ3v) is 4.19. The summed E-state index contributed by atoms with van der Waals surface area (Å²) in [5, 5.41) is 0. The van der Waals surface area contributed by atoms with E-state index in [-0.39, 0.29) is 12.6 Å². The topological polar surface area (TPSA) is 46.2 Å². The Morgan fingerprint density at radius 1 is 0.458 bits per heavy atom. The average Bonchev–Trinajstić information content (AvgIpc) is 2.57. The molecule has 144 valence electrons. The Hall–Kier alpha value is -0.200. The molecule has 3 aliphatic rings. The Kier molecular flexibility index (Phi) is 11.1. The van der Waals surface area contributed by atoms with E-state index in [1.54, 1.807) is 0 Å². The predicted octanol–water partition coefficient (Wildman–Crippen LogP) is 3.85. The van der Waals surface area contributed by atoms with Crippen molar-refractivity contribution < 1.29 is 23.7 Å². The fourth-order valence-electron chi connectivity index (χ4n) is 2.41.